The van der Waals surface area contributed by atoms with Gasteiger partial charge in [0, 0.05) is 5.56 Å². The summed E-state index contributed by atoms with van der Waals surface area (Å²) in [5.74, 6) is -0.108. The first kappa shape index (κ1) is 18.0. The normalized spacial score (nSPS) is 10.1. The summed E-state index contributed by atoms with van der Waals surface area (Å²) < 4.78 is 0. The molecule has 0 aliphatic heterocycles. The van der Waals surface area contributed by atoms with Gasteiger partial charge in [-0.3, -0.25) is 4.79 Å². The Labute approximate surface area is 125 Å². The van der Waals surface area contributed by atoms with Gasteiger partial charge in [-0.1, -0.05) is 11.6 Å². The van der Waals surface area contributed by atoms with Gasteiger partial charge in [-0.25, -0.2) is 0 Å². The molecule has 0 unspecified atom stereocenters. The molecule has 1 amide bonds. The third-order valence-corrected chi connectivity index (χ3v) is 3.35. The molecule has 1 aromatic carbocycles. The molecule has 0 atom stereocenters. The number of rotatable bonds is 6. The quantitative estimate of drug-likeness (QED) is 0.513. The lowest BCUT2D eigenvalue weighted by molar-refractivity contribution is -0.895. The zero-order chi connectivity index (χ0) is 13.5. The average Bonchev–Trinajstić information content (AvgIpc) is 2.37. The standard InChI is InChI=1S/C13H20ClN3O.ClH/c1-3-17(4-2)8-7-16-13(18)10-5-6-12(15)11(14)9-10;/h5-6,9H,3-4,7-8,15H2,1-2H3,(H,16,18);1H. The Morgan fingerprint density at radius 1 is 1.37 bits per heavy atom. The Bertz CT molecular complexity index is 409. The van der Waals surface area contributed by atoms with Crippen LogP contribution < -0.4 is 28.4 Å². The lowest BCUT2D eigenvalue weighted by atomic mass is 10.2. The highest BCUT2D eigenvalue weighted by molar-refractivity contribution is 6.33. The minimum atomic E-state index is -0.108. The topological polar surface area (TPSA) is 59.6 Å². The molecule has 1 aromatic rings. The molecular formula is C13H21Cl2N3O. The summed E-state index contributed by atoms with van der Waals surface area (Å²) in [4.78, 5) is 13.3. The second kappa shape index (κ2) is 9.02. The van der Waals surface area contributed by atoms with Gasteiger partial charge >= 0.3 is 0 Å². The molecule has 1 rings (SSSR count). The fourth-order valence-electron chi connectivity index (χ4n) is 1.73. The third kappa shape index (κ3) is 5.68. The van der Waals surface area contributed by atoms with Gasteiger partial charge in [0.1, 0.15) is 0 Å². The Balaban J connectivity index is 0.00000324. The second-order valence-electron chi connectivity index (χ2n) is 4.20. The number of carbonyl (C=O) groups is 1. The Morgan fingerprint density at radius 2 is 2.00 bits per heavy atom. The second-order valence-corrected chi connectivity index (χ2v) is 4.61. The Kier molecular flexibility index (Phi) is 8.56. The third-order valence-electron chi connectivity index (χ3n) is 3.03. The fourth-order valence-corrected chi connectivity index (χ4v) is 1.91. The number of amides is 1. The van der Waals surface area contributed by atoms with Crippen LogP contribution in [0, 0.1) is 0 Å². The van der Waals surface area contributed by atoms with E-state index in [1.165, 1.54) is 4.90 Å². The van der Waals surface area contributed by atoms with E-state index in [-0.39, 0.29) is 18.3 Å². The monoisotopic (exact) mass is 305 g/mol. The molecule has 0 heterocycles. The molecule has 0 saturated heterocycles. The maximum atomic E-state index is 11.8. The number of halogens is 2. The highest BCUT2D eigenvalue weighted by Crippen LogP contribution is 2.19. The number of nitrogens with two attached hydrogens (primary N) is 1. The molecule has 6 heteroatoms. The maximum absolute atomic E-state index is 11.8. The predicted octanol–water partition coefficient (Wildman–Crippen LogP) is -2.42. The summed E-state index contributed by atoms with van der Waals surface area (Å²) in [6, 6.07) is 4.92. The van der Waals surface area contributed by atoms with Crippen molar-refractivity contribution in [2.24, 2.45) is 0 Å². The van der Waals surface area contributed by atoms with Crippen molar-refractivity contribution in [1.29, 1.82) is 0 Å². The molecule has 0 aliphatic rings. The Hall–Kier alpha value is -0.970. The zero-order valence-corrected chi connectivity index (χ0v) is 12.8. The van der Waals surface area contributed by atoms with Crippen molar-refractivity contribution < 1.29 is 22.1 Å². The van der Waals surface area contributed by atoms with Crippen molar-refractivity contribution in [1.82, 2.24) is 5.32 Å². The van der Waals surface area contributed by atoms with Crippen LogP contribution in [0.1, 0.15) is 24.2 Å². The van der Waals surface area contributed by atoms with E-state index in [4.69, 9.17) is 17.3 Å². The van der Waals surface area contributed by atoms with Gasteiger partial charge in [0.15, 0.2) is 0 Å². The molecule has 0 spiro atoms. The van der Waals surface area contributed by atoms with E-state index in [2.05, 4.69) is 19.2 Å². The number of carbonyl (C=O) groups excluding carboxylic acids is 1. The van der Waals surface area contributed by atoms with Crippen molar-refractivity contribution in [3.8, 4) is 0 Å². The van der Waals surface area contributed by atoms with Crippen molar-refractivity contribution >= 4 is 23.2 Å². The van der Waals surface area contributed by atoms with Gasteiger partial charge in [0.2, 0.25) is 0 Å². The number of quaternary nitrogens is 1. The smallest absolute Gasteiger partial charge is 0.251 e. The van der Waals surface area contributed by atoms with Gasteiger partial charge in [0.25, 0.3) is 5.91 Å². The summed E-state index contributed by atoms with van der Waals surface area (Å²) in [6.45, 7) is 8.01. The van der Waals surface area contributed by atoms with E-state index in [0.29, 0.717) is 22.8 Å². The molecule has 108 valence electrons. The summed E-state index contributed by atoms with van der Waals surface area (Å²) in [7, 11) is 0. The first-order chi connectivity index (χ1) is 8.58. The fraction of sp³-hybridized carbons (Fsp3) is 0.462. The van der Waals surface area contributed by atoms with Crippen LogP contribution in [-0.2, 0) is 0 Å². The van der Waals surface area contributed by atoms with Gasteiger partial charge in [-0.05, 0) is 32.0 Å². The van der Waals surface area contributed by atoms with Crippen molar-refractivity contribution in [3.05, 3.63) is 28.8 Å². The molecule has 0 aliphatic carbocycles. The van der Waals surface area contributed by atoms with Crippen molar-refractivity contribution in [2.75, 3.05) is 31.9 Å². The number of anilines is 1. The van der Waals surface area contributed by atoms with Crippen molar-refractivity contribution in [2.45, 2.75) is 13.8 Å². The van der Waals surface area contributed by atoms with Gasteiger partial charge < -0.3 is 28.4 Å². The van der Waals surface area contributed by atoms with E-state index < -0.39 is 0 Å². The van der Waals surface area contributed by atoms with Crippen molar-refractivity contribution in [3.63, 3.8) is 0 Å². The van der Waals surface area contributed by atoms with Gasteiger partial charge in [-0.15, -0.1) is 0 Å². The molecule has 0 radical (unpaired) electrons. The summed E-state index contributed by atoms with van der Waals surface area (Å²) in [6.07, 6.45) is 0. The lowest BCUT2D eigenvalue weighted by Crippen LogP contribution is -3.12. The van der Waals surface area contributed by atoms with Crippen LogP contribution in [0.5, 0.6) is 0 Å². The van der Waals surface area contributed by atoms with E-state index >= 15 is 0 Å². The number of benzene rings is 1. The molecule has 4 nitrogen and oxygen atoms in total. The van der Waals surface area contributed by atoms with Crippen LogP contribution in [0.4, 0.5) is 5.69 Å². The lowest BCUT2D eigenvalue weighted by Gasteiger charge is -2.15. The minimum absolute atomic E-state index is 0. The van der Waals surface area contributed by atoms with Crippen LogP contribution >= 0.6 is 11.6 Å². The number of nitrogen functional groups attached to an aromatic ring is 1. The van der Waals surface area contributed by atoms with Crippen LogP contribution in [0.25, 0.3) is 0 Å². The molecule has 0 aromatic heterocycles. The molecule has 19 heavy (non-hydrogen) atoms. The molecule has 0 fully saturated rings. The highest BCUT2D eigenvalue weighted by atomic mass is 35.5. The summed E-state index contributed by atoms with van der Waals surface area (Å²) in [5.41, 5.74) is 6.63. The van der Waals surface area contributed by atoms with E-state index in [1.807, 2.05) is 0 Å². The summed E-state index contributed by atoms with van der Waals surface area (Å²) in [5, 5.41) is 3.30. The number of hydrogen-bond donors (Lipinski definition) is 3. The first-order valence-corrected chi connectivity index (χ1v) is 6.63. The van der Waals surface area contributed by atoms with Crippen LogP contribution in [0.2, 0.25) is 5.02 Å². The zero-order valence-electron chi connectivity index (χ0n) is 11.3. The molecule has 4 N–H and O–H groups in total. The maximum Gasteiger partial charge on any atom is 0.251 e. The predicted molar refractivity (Wildman–Crippen MR) is 75.1 cm³/mol. The molecule has 0 bridgehead atoms. The number of likely N-dealkylation sites (N-methyl/N-ethyl adjacent to an activating group) is 1. The van der Waals surface area contributed by atoms with Gasteiger partial charge in [0.05, 0.1) is 36.9 Å². The van der Waals surface area contributed by atoms with Crippen LogP contribution in [0.15, 0.2) is 18.2 Å². The largest absolute Gasteiger partial charge is 1.00 e. The van der Waals surface area contributed by atoms with Gasteiger partial charge in [-0.2, -0.15) is 0 Å². The van der Waals surface area contributed by atoms with Crippen LogP contribution in [0.3, 0.4) is 0 Å². The molecule has 0 saturated carbocycles. The minimum Gasteiger partial charge on any atom is -1.00 e. The molecular weight excluding hydrogens is 285 g/mol. The van der Waals surface area contributed by atoms with Crippen LogP contribution in [-0.4, -0.2) is 32.1 Å². The average molecular weight is 306 g/mol. The SMILES string of the molecule is CC[NH+](CC)CCNC(=O)c1ccc(N)c(Cl)c1.[Cl-]. The van der Waals surface area contributed by atoms with E-state index in [1.54, 1.807) is 18.2 Å². The first-order valence-electron chi connectivity index (χ1n) is 6.25. The number of nitrogens with one attached hydrogen (secondary N) is 2. The highest BCUT2D eigenvalue weighted by Gasteiger charge is 2.08. The summed E-state index contributed by atoms with van der Waals surface area (Å²) >= 11 is 5.88. The van der Waals surface area contributed by atoms with E-state index in [9.17, 15) is 4.79 Å². The Morgan fingerprint density at radius 3 is 2.53 bits per heavy atom. The number of hydrogen-bond acceptors (Lipinski definition) is 2. The van der Waals surface area contributed by atoms with E-state index in [0.717, 1.165) is 19.6 Å².